The first kappa shape index (κ1) is 22.3. The lowest BCUT2D eigenvalue weighted by atomic mass is 10.00. The molecule has 1 fully saturated rings. The number of aryl methyl sites for hydroxylation is 1. The van der Waals surface area contributed by atoms with E-state index in [1.807, 2.05) is 19.1 Å². The van der Waals surface area contributed by atoms with Gasteiger partial charge in [0.1, 0.15) is 0 Å². The molecule has 0 saturated carbocycles. The average molecular weight is 436 g/mol. The maximum Gasteiger partial charge on any atom is 0.313 e. The number of hydrogen-bond acceptors (Lipinski definition) is 5. The summed E-state index contributed by atoms with van der Waals surface area (Å²) in [5, 5.41) is 5.56. The molecule has 1 atom stereocenters. The van der Waals surface area contributed by atoms with Crippen LogP contribution in [-0.4, -0.2) is 75.0 Å². The fourth-order valence-corrected chi connectivity index (χ4v) is 4.48. The molecule has 2 amide bonds. The lowest BCUT2D eigenvalue weighted by Gasteiger charge is -2.38. The summed E-state index contributed by atoms with van der Waals surface area (Å²) in [7, 11) is 4.26. The molecule has 0 unspecified atom stereocenters. The molecule has 170 valence electrons. The molecule has 2 aliphatic rings. The summed E-state index contributed by atoms with van der Waals surface area (Å²) in [6, 6.07) is 14.1. The maximum absolute atomic E-state index is 12.6. The second-order valence-corrected chi connectivity index (χ2v) is 8.94. The molecule has 7 heteroatoms. The van der Waals surface area contributed by atoms with Crippen molar-refractivity contribution in [1.29, 1.82) is 0 Å². The van der Waals surface area contributed by atoms with Crippen LogP contribution in [0.25, 0.3) is 0 Å². The highest BCUT2D eigenvalue weighted by atomic mass is 16.2. The monoisotopic (exact) mass is 435 g/mol. The van der Waals surface area contributed by atoms with Crippen LogP contribution >= 0.6 is 0 Å². The Morgan fingerprint density at radius 2 is 1.66 bits per heavy atom. The molecule has 7 nitrogen and oxygen atoms in total. The van der Waals surface area contributed by atoms with Crippen molar-refractivity contribution in [2.45, 2.75) is 19.4 Å². The van der Waals surface area contributed by atoms with E-state index in [0.717, 1.165) is 44.7 Å². The average Bonchev–Trinajstić information content (AvgIpc) is 3.16. The van der Waals surface area contributed by atoms with Gasteiger partial charge in [-0.3, -0.25) is 14.5 Å². The van der Waals surface area contributed by atoms with Crippen LogP contribution in [0.15, 0.2) is 42.5 Å². The summed E-state index contributed by atoms with van der Waals surface area (Å²) in [4.78, 5) is 32.0. The van der Waals surface area contributed by atoms with Gasteiger partial charge in [0.2, 0.25) is 0 Å². The number of piperazine rings is 1. The molecule has 0 radical (unpaired) electrons. The van der Waals surface area contributed by atoms with Crippen molar-refractivity contribution in [1.82, 2.24) is 15.1 Å². The molecule has 2 aliphatic heterocycles. The van der Waals surface area contributed by atoms with Gasteiger partial charge in [-0.05, 0) is 49.7 Å². The zero-order valence-corrected chi connectivity index (χ0v) is 19.2. The first-order valence-electron chi connectivity index (χ1n) is 11.3. The minimum atomic E-state index is -0.637. The van der Waals surface area contributed by atoms with E-state index in [0.29, 0.717) is 12.2 Å². The van der Waals surface area contributed by atoms with Crippen LogP contribution in [0.2, 0.25) is 0 Å². The van der Waals surface area contributed by atoms with Crippen LogP contribution in [0.4, 0.5) is 11.4 Å². The van der Waals surface area contributed by atoms with Crippen LogP contribution in [0.5, 0.6) is 0 Å². The number of rotatable bonds is 5. The Labute approximate surface area is 190 Å². The Hall–Kier alpha value is -2.90. The summed E-state index contributed by atoms with van der Waals surface area (Å²) in [6.45, 7) is 7.27. The van der Waals surface area contributed by atoms with Gasteiger partial charge >= 0.3 is 11.8 Å². The van der Waals surface area contributed by atoms with Crippen LogP contribution in [-0.2, 0) is 16.0 Å². The highest BCUT2D eigenvalue weighted by molar-refractivity contribution is 6.39. The fraction of sp³-hybridized carbons (Fsp3) is 0.440. The van der Waals surface area contributed by atoms with Crippen molar-refractivity contribution in [3.63, 3.8) is 0 Å². The largest absolute Gasteiger partial charge is 0.374 e. The lowest BCUT2D eigenvalue weighted by Crippen LogP contribution is -2.49. The Balaban J connectivity index is 1.45. The van der Waals surface area contributed by atoms with Gasteiger partial charge in [-0.1, -0.05) is 29.8 Å². The molecule has 0 spiro atoms. The number of nitrogens with zero attached hydrogens (tertiary/aromatic N) is 3. The Morgan fingerprint density at radius 3 is 2.38 bits per heavy atom. The molecule has 2 aromatic carbocycles. The first-order valence-corrected chi connectivity index (χ1v) is 11.3. The molecule has 1 saturated heterocycles. The summed E-state index contributed by atoms with van der Waals surface area (Å²) in [6.07, 6.45) is 1.04. The van der Waals surface area contributed by atoms with E-state index in [9.17, 15) is 9.59 Å². The molecule has 32 heavy (non-hydrogen) atoms. The topological polar surface area (TPSA) is 67.9 Å². The lowest BCUT2D eigenvalue weighted by molar-refractivity contribution is -0.136. The quantitative estimate of drug-likeness (QED) is 0.704. The number of carbonyl (C=O) groups excluding carboxylic acids is 2. The molecule has 0 bridgehead atoms. The minimum absolute atomic E-state index is 0.0380. The van der Waals surface area contributed by atoms with E-state index in [1.165, 1.54) is 16.8 Å². The van der Waals surface area contributed by atoms with Gasteiger partial charge in [-0.15, -0.1) is 0 Å². The predicted molar refractivity (Wildman–Crippen MR) is 128 cm³/mol. The normalized spacial score (nSPS) is 17.7. The molecular formula is C25H33N5O2. The second kappa shape index (κ2) is 9.71. The van der Waals surface area contributed by atoms with E-state index in [4.69, 9.17) is 0 Å². The van der Waals surface area contributed by atoms with Crippen molar-refractivity contribution >= 4 is 23.2 Å². The number of amides is 2. The summed E-state index contributed by atoms with van der Waals surface area (Å²) in [5.74, 6) is -1.24. The molecule has 4 rings (SSSR count). The van der Waals surface area contributed by atoms with Crippen LogP contribution in [0, 0.1) is 6.92 Å². The van der Waals surface area contributed by atoms with Gasteiger partial charge < -0.3 is 20.4 Å². The van der Waals surface area contributed by atoms with E-state index >= 15 is 0 Å². The SMILES string of the molecule is Cc1ccc(NC(=O)C(=O)NC[C@H](c2ccc3c(c2)CCN3C)N2CCN(C)CC2)cc1. The minimum Gasteiger partial charge on any atom is -0.374 e. The predicted octanol–water partition coefficient (Wildman–Crippen LogP) is 2.03. The zero-order valence-electron chi connectivity index (χ0n) is 19.2. The number of fused-ring (bicyclic) bond motifs is 1. The van der Waals surface area contributed by atoms with Crippen LogP contribution in [0.3, 0.4) is 0 Å². The van der Waals surface area contributed by atoms with Crippen molar-refractivity contribution < 1.29 is 9.59 Å². The van der Waals surface area contributed by atoms with Gasteiger partial charge in [-0.2, -0.15) is 0 Å². The summed E-state index contributed by atoms with van der Waals surface area (Å²) >= 11 is 0. The Bertz CT molecular complexity index is 967. The molecule has 2 N–H and O–H groups in total. The van der Waals surface area contributed by atoms with E-state index in [-0.39, 0.29) is 6.04 Å². The van der Waals surface area contributed by atoms with Gasteiger partial charge in [0.05, 0.1) is 6.04 Å². The highest BCUT2D eigenvalue weighted by Crippen LogP contribution is 2.31. The number of anilines is 2. The van der Waals surface area contributed by atoms with Crippen molar-refractivity contribution in [2.75, 3.05) is 63.6 Å². The van der Waals surface area contributed by atoms with E-state index in [2.05, 4.69) is 57.6 Å². The molecule has 0 aromatic heterocycles. The third-order valence-corrected chi connectivity index (χ3v) is 6.57. The van der Waals surface area contributed by atoms with Gasteiger partial charge in [0, 0.05) is 57.7 Å². The number of carbonyl (C=O) groups is 2. The van der Waals surface area contributed by atoms with Crippen molar-refractivity contribution in [2.24, 2.45) is 0 Å². The van der Waals surface area contributed by atoms with Crippen LogP contribution in [0.1, 0.15) is 22.7 Å². The Kier molecular flexibility index (Phi) is 6.77. The molecular weight excluding hydrogens is 402 g/mol. The van der Waals surface area contributed by atoms with Gasteiger partial charge in [0.25, 0.3) is 0 Å². The standard InChI is InChI=1S/C25H33N5O2/c1-18-4-7-21(8-5-18)27-25(32)24(31)26-17-23(30-14-12-28(2)13-15-30)19-6-9-22-20(16-19)10-11-29(22)3/h4-9,16,23H,10-15,17H2,1-3H3,(H,26,31)(H,27,32)/t23-/m1/s1. The van der Waals surface area contributed by atoms with E-state index in [1.54, 1.807) is 12.1 Å². The molecule has 0 aliphatic carbocycles. The number of nitrogens with one attached hydrogen (secondary N) is 2. The molecule has 2 aromatic rings. The van der Waals surface area contributed by atoms with Gasteiger partial charge in [-0.25, -0.2) is 0 Å². The third-order valence-electron chi connectivity index (χ3n) is 6.57. The van der Waals surface area contributed by atoms with Crippen molar-refractivity contribution in [3.05, 3.63) is 59.2 Å². The first-order chi connectivity index (χ1) is 15.4. The molecule has 2 heterocycles. The second-order valence-electron chi connectivity index (χ2n) is 8.94. The van der Waals surface area contributed by atoms with Gasteiger partial charge in [0.15, 0.2) is 0 Å². The van der Waals surface area contributed by atoms with Crippen molar-refractivity contribution in [3.8, 4) is 0 Å². The highest BCUT2D eigenvalue weighted by Gasteiger charge is 2.27. The number of likely N-dealkylation sites (N-methyl/N-ethyl adjacent to an activating group) is 2. The maximum atomic E-state index is 12.6. The summed E-state index contributed by atoms with van der Waals surface area (Å²) in [5.41, 5.74) is 5.56. The Morgan fingerprint density at radius 1 is 0.938 bits per heavy atom. The smallest absolute Gasteiger partial charge is 0.313 e. The fourth-order valence-electron chi connectivity index (χ4n) is 4.48. The summed E-state index contributed by atoms with van der Waals surface area (Å²) < 4.78 is 0. The number of hydrogen-bond donors (Lipinski definition) is 2. The third kappa shape index (κ3) is 5.11. The zero-order chi connectivity index (χ0) is 22.7. The van der Waals surface area contributed by atoms with Crippen LogP contribution < -0.4 is 15.5 Å². The number of benzene rings is 2. The van der Waals surface area contributed by atoms with E-state index < -0.39 is 11.8 Å².